The van der Waals surface area contributed by atoms with Crippen LogP contribution < -0.4 is 0 Å². The second kappa shape index (κ2) is 7.34. The first-order valence-corrected chi connectivity index (χ1v) is 8.33. The molecule has 6 nitrogen and oxygen atoms in total. The molecule has 1 aliphatic rings. The number of phenols is 1. The summed E-state index contributed by atoms with van der Waals surface area (Å²) in [4.78, 5) is 11.1. The van der Waals surface area contributed by atoms with E-state index in [-0.39, 0.29) is 17.2 Å². The highest BCUT2D eigenvalue weighted by Crippen LogP contribution is 2.31. The molecule has 0 amide bonds. The molecular weight excluding hydrogens is 375 g/mol. The number of ether oxygens (including phenoxy) is 1. The number of carbonyl (C=O) groups is 1. The zero-order valence-electron chi connectivity index (χ0n) is 15.0. The van der Waals surface area contributed by atoms with Crippen molar-refractivity contribution in [2.75, 3.05) is 0 Å². The molecule has 146 valence electrons. The number of aryl methyl sites for hydroxylation is 1. The van der Waals surface area contributed by atoms with Crippen molar-refractivity contribution in [3.8, 4) is 11.4 Å². The van der Waals surface area contributed by atoms with E-state index < -0.39 is 11.7 Å². The summed E-state index contributed by atoms with van der Waals surface area (Å²) in [5.74, 6) is -0.233. The van der Waals surface area contributed by atoms with Gasteiger partial charge in [-0.2, -0.15) is 13.2 Å². The zero-order chi connectivity index (χ0) is 20.5. The monoisotopic (exact) mass is 391 g/mol. The Kier molecular flexibility index (Phi) is 5.08. The number of halogens is 3. The van der Waals surface area contributed by atoms with E-state index in [2.05, 4.69) is 14.9 Å². The van der Waals surface area contributed by atoms with Crippen molar-refractivity contribution in [2.45, 2.75) is 26.4 Å². The Morgan fingerprint density at radius 1 is 1.11 bits per heavy atom. The lowest BCUT2D eigenvalue weighted by Gasteiger charge is -2.05. The predicted octanol–water partition coefficient (Wildman–Crippen LogP) is 4.15. The van der Waals surface area contributed by atoms with Gasteiger partial charge in [-0.1, -0.05) is 13.0 Å². The van der Waals surface area contributed by atoms with Crippen LogP contribution >= 0.6 is 0 Å². The van der Waals surface area contributed by atoms with Gasteiger partial charge in [-0.15, -0.1) is 15.0 Å². The van der Waals surface area contributed by atoms with Gasteiger partial charge in [0.05, 0.1) is 11.1 Å². The minimum atomic E-state index is -4.43. The highest BCUT2D eigenvalue weighted by molar-refractivity contribution is 5.92. The van der Waals surface area contributed by atoms with Crippen LogP contribution in [-0.2, 0) is 22.1 Å². The third-order valence-electron chi connectivity index (χ3n) is 4.04. The minimum absolute atomic E-state index is 0.0337. The molecule has 1 aliphatic heterocycles. The van der Waals surface area contributed by atoms with Gasteiger partial charge in [0.1, 0.15) is 28.7 Å². The molecule has 0 saturated heterocycles. The van der Waals surface area contributed by atoms with Crippen LogP contribution in [-0.4, -0.2) is 26.1 Å². The molecule has 0 bridgehead atoms. The summed E-state index contributed by atoms with van der Waals surface area (Å²) < 4.78 is 42.4. The summed E-state index contributed by atoms with van der Waals surface area (Å²) in [7, 11) is 0. The maximum Gasteiger partial charge on any atom is 0.416 e. The van der Waals surface area contributed by atoms with Gasteiger partial charge < -0.3 is 9.84 Å². The molecule has 9 heteroatoms. The van der Waals surface area contributed by atoms with Crippen molar-refractivity contribution < 1.29 is 27.8 Å². The number of carbonyl (C=O) groups excluding carboxylic acids is 1. The highest BCUT2D eigenvalue weighted by atomic mass is 19.4. The number of rotatable bonds is 2. The summed E-state index contributed by atoms with van der Waals surface area (Å²) >= 11 is 0. The maximum atomic E-state index is 12.7. The fourth-order valence-electron chi connectivity index (χ4n) is 2.37. The Morgan fingerprint density at radius 2 is 1.79 bits per heavy atom. The maximum absolute atomic E-state index is 12.7. The Balaban J connectivity index is 0.000000320. The van der Waals surface area contributed by atoms with Gasteiger partial charge >= 0.3 is 12.1 Å². The Bertz CT molecular complexity index is 1070. The number of hydrogen-bond acceptors (Lipinski definition) is 5. The number of hydrogen-bond donors (Lipinski definition) is 1. The molecule has 28 heavy (non-hydrogen) atoms. The molecule has 2 aromatic carbocycles. The SMILES string of the molecule is CC1=COC1=O.CCc1ccc(O)c(-n2nc3ccc(C(F)(F)F)cc3n2)c1. The topological polar surface area (TPSA) is 77.2 Å². The summed E-state index contributed by atoms with van der Waals surface area (Å²) in [6.45, 7) is 3.67. The van der Waals surface area contributed by atoms with Gasteiger partial charge in [-0.3, -0.25) is 0 Å². The normalized spacial score (nSPS) is 13.3. The summed E-state index contributed by atoms with van der Waals surface area (Å²) in [5.41, 5.74) is 1.67. The molecule has 0 unspecified atom stereocenters. The number of phenolic OH excluding ortho intramolecular Hbond substituents is 1. The summed E-state index contributed by atoms with van der Waals surface area (Å²) in [6.07, 6.45) is -2.24. The van der Waals surface area contributed by atoms with Crippen molar-refractivity contribution in [1.29, 1.82) is 0 Å². The minimum Gasteiger partial charge on any atom is -0.506 e. The van der Waals surface area contributed by atoms with Gasteiger partial charge in [0.2, 0.25) is 0 Å². The van der Waals surface area contributed by atoms with Gasteiger partial charge in [0.25, 0.3) is 0 Å². The molecule has 0 fully saturated rings. The first-order valence-electron chi connectivity index (χ1n) is 8.33. The number of aromatic nitrogens is 3. The van der Waals surface area contributed by atoms with Crippen molar-refractivity contribution in [3.63, 3.8) is 0 Å². The highest BCUT2D eigenvalue weighted by Gasteiger charge is 2.31. The molecule has 0 aliphatic carbocycles. The molecule has 1 N–H and O–H groups in total. The van der Waals surface area contributed by atoms with Crippen molar-refractivity contribution >= 4 is 17.0 Å². The lowest BCUT2D eigenvalue weighted by atomic mass is 10.1. The molecule has 4 rings (SSSR count). The van der Waals surface area contributed by atoms with Crippen LogP contribution in [0.25, 0.3) is 16.7 Å². The Labute approximate surface area is 157 Å². The average molecular weight is 391 g/mol. The molecule has 0 spiro atoms. The lowest BCUT2D eigenvalue weighted by Crippen LogP contribution is -2.10. The number of fused-ring (bicyclic) bond motifs is 1. The first kappa shape index (κ1) is 19.4. The summed E-state index contributed by atoms with van der Waals surface area (Å²) in [6, 6.07) is 8.16. The average Bonchev–Trinajstić information content (AvgIpc) is 3.09. The van der Waals surface area contributed by atoms with Crippen LogP contribution in [0.2, 0.25) is 0 Å². The third-order valence-corrected chi connectivity index (χ3v) is 4.04. The zero-order valence-corrected chi connectivity index (χ0v) is 15.0. The quantitative estimate of drug-likeness (QED) is 0.664. The largest absolute Gasteiger partial charge is 0.506 e. The van der Waals surface area contributed by atoms with Crippen LogP contribution in [0.5, 0.6) is 5.75 Å². The van der Waals surface area contributed by atoms with Crippen LogP contribution in [0.1, 0.15) is 25.0 Å². The lowest BCUT2D eigenvalue weighted by molar-refractivity contribution is -0.138. The van der Waals surface area contributed by atoms with Gasteiger partial charge in [0.15, 0.2) is 0 Å². The number of esters is 1. The van der Waals surface area contributed by atoms with E-state index in [0.29, 0.717) is 16.8 Å². The first-order chi connectivity index (χ1) is 13.2. The van der Waals surface area contributed by atoms with Crippen molar-refractivity contribution in [2.24, 2.45) is 0 Å². The summed E-state index contributed by atoms with van der Waals surface area (Å²) in [5, 5.41) is 18.1. The number of cyclic esters (lactones) is 1. The van der Waals surface area contributed by atoms with Gasteiger partial charge in [-0.25, -0.2) is 4.79 Å². The molecule has 0 atom stereocenters. The van der Waals surface area contributed by atoms with E-state index in [1.54, 1.807) is 19.1 Å². The fraction of sp³-hybridized carbons (Fsp3) is 0.211. The predicted molar refractivity (Wildman–Crippen MR) is 94.8 cm³/mol. The molecule has 0 radical (unpaired) electrons. The van der Waals surface area contributed by atoms with Crippen LogP contribution in [0.3, 0.4) is 0 Å². The van der Waals surface area contributed by atoms with Crippen LogP contribution in [0, 0.1) is 0 Å². The second-order valence-electron chi connectivity index (χ2n) is 6.07. The van der Waals surface area contributed by atoms with E-state index >= 15 is 0 Å². The third kappa shape index (κ3) is 3.98. The van der Waals surface area contributed by atoms with E-state index in [1.807, 2.05) is 6.92 Å². The Hall–Kier alpha value is -3.36. The fourth-order valence-corrected chi connectivity index (χ4v) is 2.37. The van der Waals surface area contributed by atoms with Crippen molar-refractivity contribution in [3.05, 3.63) is 59.4 Å². The Morgan fingerprint density at radius 3 is 2.32 bits per heavy atom. The van der Waals surface area contributed by atoms with Gasteiger partial charge in [-0.05, 0) is 49.2 Å². The number of aromatic hydroxyl groups is 1. The van der Waals surface area contributed by atoms with Crippen LogP contribution in [0.4, 0.5) is 13.2 Å². The number of alkyl halides is 3. The molecule has 3 aromatic rings. The molecular formula is C19H16F3N3O3. The van der Waals surface area contributed by atoms with Crippen molar-refractivity contribution in [1.82, 2.24) is 15.0 Å². The van der Waals surface area contributed by atoms with E-state index in [9.17, 15) is 23.1 Å². The molecule has 2 heterocycles. The number of benzene rings is 2. The molecule has 1 aromatic heterocycles. The van der Waals surface area contributed by atoms with E-state index in [4.69, 9.17) is 0 Å². The van der Waals surface area contributed by atoms with E-state index in [0.717, 1.165) is 28.9 Å². The smallest absolute Gasteiger partial charge is 0.416 e. The number of nitrogens with zero attached hydrogens (tertiary/aromatic N) is 3. The van der Waals surface area contributed by atoms with Crippen LogP contribution in [0.15, 0.2) is 48.2 Å². The second-order valence-corrected chi connectivity index (χ2v) is 6.07. The molecule has 0 saturated carbocycles. The van der Waals surface area contributed by atoms with Gasteiger partial charge in [0, 0.05) is 0 Å². The van der Waals surface area contributed by atoms with E-state index in [1.165, 1.54) is 18.4 Å². The standard InChI is InChI=1S/C15H12F3N3O.C4H4O2/c1-2-9-3-6-14(22)13(7-9)21-19-11-5-4-10(15(16,17)18)8-12(11)20-21;1-3-2-6-4(3)5/h3-8,22H,2H2,1H3;2H,1H3.